The zero-order chi connectivity index (χ0) is 19.3. The van der Waals surface area contributed by atoms with Gasteiger partial charge in [-0.25, -0.2) is 0 Å². The molecule has 2 aliphatic heterocycles. The summed E-state index contributed by atoms with van der Waals surface area (Å²) in [5, 5.41) is 11.4. The van der Waals surface area contributed by atoms with E-state index < -0.39 is 5.60 Å². The molecule has 1 N–H and O–H groups in total. The lowest BCUT2D eigenvalue weighted by Gasteiger charge is -2.40. The number of benzene rings is 1. The van der Waals surface area contributed by atoms with Gasteiger partial charge in [0.05, 0.1) is 17.6 Å². The van der Waals surface area contributed by atoms with E-state index in [1.54, 1.807) is 0 Å². The van der Waals surface area contributed by atoms with Gasteiger partial charge < -0.3 is 9.67 Å². The summed E-state index contributed by atoms with van der Waals surface area (Å²) in [7, 11) is 0. The van der Waals surface area contributed by atoms with E-state index in [4.69, 9.17) is 4.98 Å². The van der Waals surface area contributed by atoms with Crippen molar-refractivity contribution in [2.24, 2.45) is 0 Å². The van der Waals surface area contributed by atoms with E-state index in [0.717, 1.165) is 29.7 Å². The normalized spacial score (nSPS) is 21.9. The predicted molar refractivity (Wildman–Crippen MR) is 112 cm³/mol. The van der Waals surface area contributed by atoms with Crippen LogP contribution in [0.3, 0.4) is 0 Å². The minimum absolute atomic E-state index is 0.484. The van der Waals surface area contributed by atoms with Crippen molar-refractivity contribution in [3.8, 4) is 0 Å². The van der Waals surface area contributed by atoms with E-state index in [-0.39, 0.29) is 0 Å². The average molecular weight is 376 g/mol. The number of aliphatic hydroxyl groups is 1. The fraction of sp³-hybridized carbons (Fsp3) is 0.458. The first-order valence-corrected chi connectivity index (χ1v) is 10.6. The highest BCUT2D eigenvalue weighted by molar-refractivity contribution is 5.83. The van der Waals surface area contributed by atoms with E-state index in [9.17, 15) is 5.11 Å². The standard InChI is InChI=1S/C24H29N3O/c1-17-11-12-21-23(25-17)22-19-10-6-7-14-26(19)15-13-20(22)27(21)16-24(2,28)18-8-4-3-5-9-18/h3-5,8-9,11-12,19,28H,6-7,10,13-16H2,1-2H3. The fourth-order valence-electron chi connectivity index (χ4n) is 5.22. The molecule has 0 amide bonds. The predicted octanol–water partition coefficient (Wildman–Crippen LogP) is 4.34. The Morgan fingerprint density at radius 2 is 1.93 bits per heavy atom. The second-order valence-corrected chi connectivity index (χ2v) is 8.70. The van der Waals surface area contributed by atoms with Crippen molar-refractivity contribution in [3.63, 3.8) is 0 Å². The molecular formula is C24H29N3O. The first-order valence-electron chi connectivity index (χ1n) is 10.6. The molecule has 0 radical (unpaired) electrons. The highest BCUT2D eigenvalue weighted by atomic mass is 16.3. The van der Waals surface area contributed by atoms with Crippen LogP contribution in [0, 0.1) is 6.92 Å². The maximum atomic E-state index is 11.4. The molecule has 2 aliphatic rings. The van der Waals surface area contributed by atoms with Crippen LogP contribution < -0.4 is 0 Å². The third kappa shape index (κ3) is 2.87. The van der Waals surface area contributed by atoms with E-state index in [1.807, 2.05) is 37.3 Å². The zero-order valence-corrected chi connectivity index (χ0v) is 16.9. The maximum absolute atomic E-state index is 11.4. The molecule has 2 unspecified atom stereocenters. The highest BCUT2D eigenvalue weighted by Crippen LogP contribution is 2.42. The van der Waals surface area contributed by atoms with Crippen molar-refractivity contribution >= 4 is 11.0 Å². The minimum Gasteiger partial charge on any atom is -0.384 e. The molecule has 1 saturated heterocycles. The van der Waals surface area contributed by atoms with Crippen LogP contribution in [0.25, 0.3) is 11.0 Å². The lowest BCUT2D eigenvalue weighted by Crippen LogP contribution is -2.39. The van der Waals surface area contributed by atoms with Gasteiger partial charge in [-0.2, -0.15) is 0 Å². The molecule has 0 bridgehead atoms. The Hall–Kier alpha value is -2.17. The van der Waals surface area contributed by atoms with Crippen LogP contribution >= 0.6 is 0 Å². The zero-order valence-electron chi connectivity index (χ0n) is 16.9. The van der Waals surface area contributed by atoms with E-state index in [0.29, 0.717) is 12.6 Å². The van der Waals surface area contributed by atoms with Crippen LogP contribution in [-0.2, 0) is 18.6 Å². The van der Waals surface area contributed by atoms with E-state index in [1.165, 1.54) is 42.6 Å². The van der Waals surface area contributed by atoms with Crippen LogP contribution in [0.1, 0.15) is 54.7 Å². The maximum Gasteiger partial charge on any atom is 0.105 e. The number of aryl methyl sites for hydroxylation is 1. The first-order chi connectivity index (χ1) is 13.5. The second-order valence-electron chi connectivity index (χ2n) is 8.70. The lowest BCUT2D eigenvalue weighted by atomic mass is 9.90. The van der Waals surface area contributed by atoms with Gasteiger partial charge in [0.2, 0.25) is 0 Å². The Morgan fingerprint density at radius 1 is 1.11 bits per heavy atom. The topological polar surface area (TPSA) is 41.3 Å². The summed E-state index contributed by atoms with van der Waals surface area (Å²) in [6, 6.07) is 14.8. The summed E-state index contributed by atoms with van der Waals surface area (Å²) >= 11 is 0. The highest BCUT2D eigenvalue weighted by Gasteiger charge is 2.36. The Balaban J connectivity index is 1.66. The Kier molecular flexibility index (Phi) is 4.29. The van der Waals surface area contributed by atoms with Gasteiger partial charge in [0, 0.05) is 36.0 Å². The molecule has 0 saturated carbocycles. The smallest absolute Gasteiger partial charge is 0.105 e. The number of piperidine rings is 1. The fourth-order valence-corrected chi connectivity index (χ4v) is 5.22. The summed E-state index contributed by atoms with van der Waals surface area (Å²) < 4.78 is 2.36. The van der Waals surface area contributed by atoms with Crippen LogP contribution in [0.15, 0.2) is 42.5 Å². The van der Waals surface area contributed by atoms with Gasteiger partial charge in [0.1, 0.15) is 5.60 Å². The van der Waals surface area contributed by atoms with Crippen LogP contribution in [0.5, 0.6) is 0 Å². The molecular weight excluding hydrogens is 346 g/mol. The molecule has 2 aromatic heterocycles. The largest absolute Gasteiger partial charge is 0.384 e. The number of fused-ring (bicyclic) bond motifs is 5. The Labute approximate surface area is 166 Å². The SMILES string of the molecule is Cc1ccc2c(n1)c1c(n2CC(C)(O)c2ccccc2)CCN2CCCCC12. The van der Waals surface area contributed by atoms with E-state index in [2.05, 4.69) is 28.5 Å². The Bertz CT molecular complexity index is 1010. The number of hydrogen-bond donors (Lipinski definition) is 1. The van der Waals surface area contributed by atoms with Gasteiger partial charge in [-0.15, -0.1) is 0 Å². The molecule has 4 nitrogen and oxygen atoms in total. The number of pyridine rings is 1. The van der Waals surface area contributed by atoms with Crippen molar-refractivity contribution in [2.45, 2.75) is 57.7 Å². The van der Waals surface area contributed by atoms with Gasteiger partial charge in [0.25, 0.3) is 0 Å². The molecule has 4 heteroatoms. The Morgan fingerprint density at radius 3 is 2.75 bits per heavy atom. The molecule has 28 heavy (non-hydrogen) atoms. The summed E-state index contributed by atoms with van der Waals surface area (Å²) in [6.45, 7) is 6.87. The number of nitrogens with zero attached hydrogens (tertiary/aromatic N) is 3. The van der Waals surface area contributed by atoms with Crippen LogP contribution in [-0.4, -0.2) is 32.6 Å². The van der Waals surface area contributed by atoms with Crippen molar-refractivity contribution < 1.29 is 5.11 Å². The van der Waals surface area contributed by atoms with Crippen molar-refractivity contribution in [1.82, 2.24) is 14.5 Å². The lowest BCUT2D eigenvalue weighted by molar-refractivity contribution is 0.0379. The molecule has 4 heterocycles. The number of rotatable bonds is 3. The minimum atomic E-state index is -0.921. The van der Waals surface area contributed by atoms with Crippen LogP contribution in [0.2, 0.25) is 0 Å². The van der Waals surface area contributed by atoms with Gasteiger partial charge in [0.15, 0.2) is 0 Å². The molecule has 0 aliphatic carbocycles. The van der Waals surface area contributed by atoms with Crippen molar-refractivity contribution in [1.29, 1.82) is 0 Å². The molecule has 2 atom stereocenters. The van der Waals surface area contributed by atoms with E-state index >= 15 is 0 Å². The first kappa shape index (κ1) is 17.9. The second kappa shape index (κ2) is 6.71. The number of hydrogen-bond acceptors (Lipinski definition) is 3. The van der Waals surface area contributed by atoms with Crippen LogP contribution in [0.4, 0.5) is 0 Å². The summed E-state index contributed by atoms with van der Waals surface area (Å²) in [4.78, 5) is 7.62. The molecule has 146 valence electrons. The molecule has 0 spiro atoms. The molecule has 5 rings (SSSR count). The summed E-state index contributed by atoms with van der Waals surface area (Å²) in [5.74, 6) is 0. The van der Waals surface area contributed by atoms with Gasteiger partial charge in [-0.1, -0.05) is 36.8 Å². The number of aromatic nitrogens is 2. The quantitative estimate of drug-likeness (QED) is 0.741. The van der Waals surface area contributed by atoms with Crippen molar-refractivity contribution in [3.05, 3.63) is 65.0 Å². The van der Waals surface area contributed by atoms with Gasteiger partial charge in [-0.05, 0) is 50.9 Å². The van der Waals surface area contributed by atoms with Gasteiger partial charge in [-0.3, -0.25) is 9.88 Å². The molecule has 1 aromatic carbocycles. The molecule has 1 fully saturated rings. The van der Waals surface area contributed by atoms with Gasteiger partial charge >= 0.3 is 0 Å². The molecule has 3 aromatic rings. The van der Waals surface area contributed by atoms with Crippen molar-refractivity contribution in [2.75, 3.05) is 13.1 Å². The monoisotopic (exact) mass is 375 g/mol. The third-order valence-corrected chi connectivity index (χ3v) is 6.64. The summed E-state index contributed by atoms with van der Waals surface area (Å²) in [5.41, 5.74) is 6.22. The summed E-state index contributed by atoms with van der Waals surface area (Å²) in [6.07, 6.45) is 4.85. The average Bonchev–Trinajstić information content (AvgIpc) is 3.01. The third-order valence-electron chi connectivity index (χ3n) is 6.64.